The Balaban J connectivity index is 2.25. The van der Waals surface area contributed by atoms with Crippen LogP contribution in [-0.4, -0.2) is 11.8 Å². The fourth-order valence-electron chi connectivity index (χ4n) is 2.87. The second-order valence-electron chi connectivity index (χ2n) is 5.97. The Morgan fingerprint density at radius 2 is 1.65 bits per heavy atom. The van der Waals surface area contributed by atoms with Crippen LogP contribution >= 0.6 is 11.3 Å². The molecule has 0 aliphatic heterocycles. The number of esters is 1. The number of thiophene rings is 1. The van der Waals surface area contributed by atoms with Crippen LogP contribution in [0.2, 0.25) is 0 Å². The second kappa shape index (κ2) is 6.67. The van der Waals surface area contributed by atoms with Crippen molar-refractivity contribution < 1.29 is 14.3 Å². The maximum absolute atomic E-state index is 12.2. The van der Waals surface area contributed by atoms with Crippen molar-refractivity contribution in [3.63, 3.8) is 0 Å². The lowest BCUT2D eigenvalue weighted by Gasteiger charge is -2.15. The predicted molar refractivity (Wildman–Crippen MR) is 93.6 cm³/mol. The number of rotatable bonds is 4. The van der Waals surface area contributed by atoms with Crippen molar-refractivity contribution in [3.05, 3.63) is 55.3 Å². The molecule has 0 spiro atoms. The van der Waals surface area contributed by atoms with E-state index in [-0.39, 0.29) is 18.4 Å². The Morgan fingerprint density at radius 1 is 1.00 bits per heavy atom. The molecule has 0 unspecified atom stereocenters. The van der Waals surface area contributed by atoms with Crippen molar-refractivity contribution in [3.8, 4) is 0 Å². The summed E-state index contributed by atoms with van der Waals surface area (Å²) in [6, 6.07) is 3.84. The van der Waals surface area contributed by atoms with E-state index in [0.717, 1.165) is 38.3 Å². The maximum atomic E-state index is 12.2. The van der Waals surface area contributed by atoms with Crippen LogP contribution in [0.1, 0.15) is 59.6 Å². The van der Waals surface area contributed by atoms with Gasteiger partial charge in [0, 0.05) is 10.4 Å². The van der Waals surface area contributed by atoms with Crippen LogP contribution < -0.4 is 0 Å². The lowest BCUT2D eigenvalue weighted by molar-refractivity contribution is 0.0477. The van der Waals surface area contributed by atoms with E-state index in [2.05, 4.69) is 0 Å². The Morgan fingerprint density at radius 3 is 2.17 bits per heavy atom. The molecule has 1 aromatic heterocycles. The second-order valence-corrected chi connectivity index (χ2v) is 7.23. The minimum Gasteiger partial charge on any atom is -0.457 e. The third-order valence-corrected chi connectivity index (χ3v) is 5.33. The van der Waals surface area contributed by atoms with Gasteiger partial charge in [-0.15, -0.1) is 11.3 Å². The van der Waals surface area contributed by atoms with Crippen LogP contribution in [-0.2, 0) is 11.3 Å². The van der Waals surface area contributed by atoms with Gasteiger partial charge < -0.3 is 4.74 Å². The predicted octanol–water partition coefficient (Wildman–Crippen LogP) is 4.85. The molecule has 0 amide bonds. The highest BCUT2D eigenvalue weighted by Gasteiger charge is 2.17. The first-order valence-corrected chi connectivity index (χ1v) is 8.38. The minimum atomic E-state index is -0.310. The highest BCUT2D eigenvalue weighted by Crippen LogP contribution is 2.25. The van der Waals surface area contributed by atoms with Crippen LogP contribution in [0.4, 0.5) is 0 Å². The van der Waals surface area contributed by atoms with Gasteiger partial charge in [0.25, 0.3) is 0 Å². The first-order chi connectivity index (χ1) is 10.7. The topological polar surface area (TPSA) is 43.4 Å². The molecule has 0 aliphatic carbocycles. The molecule has 0 aliphatic rings. The molecule has 4 heteroatoms. The molecule has 0 N–H and O–H groups in total. The lowest BCUT2D eigenvalue weighted by Crippen LogP contribution is -2.09. The standard InChI is InChI=1S/C19H22O3S/c1-10-8-17(23-15(10)6)19(21)22-9-16-11(2)7-12(3)18(13(16)4)14(5)20/h7-8H,9H2,1-6H3. The van der Waals surface area contributed by atoms with Crippen LogP contribution in [0.25, 0.3) is 0 Å². The van der Waals surface area contributed by atoms with Gasteiger partial charge in [0.05, 0.1) is 0 Å². The summed E-state index contributed by atoms with van der Waals surface area (Å²) in [7, 11) is 0. The normalized spacial score (nSPS) is 10.7. The number of hydrogen-bond donors (Lipinski definition) is 0. The van der Waals surface area contributed by atoms with E-state index in [0.29, 0.717) is 4.88 Å². The van der Waals surface area contributed by atoms with Gasteiger partial charge in [0.15, 0.2) is 5.78 Å². The van der Waals surface area contributed by atoms with E-state index in [1.807, 2.05) is 46.8 Å². The Labute approximate surface area is 141 Å². The van der Waals surface area contributed by atoms with Gasteiger partial charge in [-0.1, -0.05) is 6.07 Å². The Hall–Kier alpha value is -1.94. The van der Waals surface area contributed by atoms with E-state index in [1.54, 1.807) is 6.92 Å². The summed E-state index contributed by atoms with van der Waals surface area (Å²) in [4.78, 5) is 25.8. The molecule has 2 rings (SSSR count). The van der Waals surface area contributed by atoms with Crippen molar-refractivity contribution in [1.82, 2.24) is 0 Å². The smallest absolute Gasteiger partial charge is 0.348 e. The van der Waals surface area contributed by atoms with Crippen LogP contribution in [0.15, 0.2) is 12.1 Å². The van der Waals surface area contributed by atoms with Gasteiger partial charge in [0.1, 0.15) is 11.5 Å². The van der Waals surface area contributed by atoms with Crippen LogP contribution in [0.5, 0.6) is 0 Å². The van der Waals surface area contributed by atoms with Gasteiger partial charge in [-0.25, -0.2) is 4.79 Å². The molecule has 0 fully saturated rings. The summed E-state index contributed by atoms with van der Waals surface area (Å²) in [5, 5.41) is 0. The maximum Gasteiger partial charge on any atom is 0.348 e. The van der Waals surface area contributed by atoms with Gasteiger partial charge >= 0.3 is 5.97 Å². The molecule has 0 saturated carbocycles. The van der Waals surface area contributed by atoms with Gasteiger partial charge in [0.2, 0.25) is 0 Å². The van der Waals surface area contributed by atoms with Crippen LogP contribution in [0.3, 0.4) is 0 Å². The van der Waals surface area contributed by atoms with Crippen molar-refractivity contribution in [2.24, 2.45) is 0 Å². The molecular formula is C19H22O3S. The zero-order valence-electron chi connectivity index (χ0n) is 14.5. The molecule has 1 heterocycles. The lowest BCUT2D eigenvalue weighted by atomic mass is 9.92. The van der Waals surface area contributed by atoms with Crippen molar-refractivity contribution in [2.75, 3.05) is 0 Å². The zero-order chi connectivity index (χ0) is 17.3. The van der Waals surface area contributed by atoms with E-state index in [9.17, 15) is 9.59 Å². The molecule has 2 aromatic rings. The Bertz CT molecular complexity index is 765. The first kappa shape index (κ1) is 17.4. The average Bonchev–Trinajstić information content (AvgIpc) is 2.77. The minimum absolute atomic E-state index is 0.0390. The summed E-state index contributed by atoms with van der Waals surface area (Å²) in [6.07, 6.45) is 0. The van der Waals surface area contributed by atoms with Gasteiger partial charge in [-0.05, 0) is 75.4 Å². The SMILES string of the molecule is CC(=O)c1c(C)cc(C)c(COC(=O)c2cc(C)c(C)s2)c1C. The molecular weight excluding hydrogens is 308 g/mol. The quantitative estimate of drug-likeness (QED) is 0.594. The summed E-state index contributed by atoms with van der Waals surface area (Å²) in [5.74, 6) is -0.271. The average molecular weight is 330 g/mol. The summed E-state index contributed by atoms with van der Waals surface area (Å²) in [6.45, 7) is 11.6. The van der Waals surface area contributed by atoms with Gasteiger partial charge in [-0.2, -0.15) is 0 Å². The first-order valence-electron chi connectivity index (χ1n) is 7.57. The molecule has 0 radical (unpaired) electrons. The van der Waals surface area contributed by atoms with E-state index in [1.165, 1.54) is 11.3 Å². The third-order valence-electron chi connectivity index (χ3n) is 4.20. The summed E-state index contributed by atoms with van der Waals surface area (Å²) in [5.41, 5.74) is 5.65. The van der Waals surface area contributed by atoms with Gasteiger partial charge in [-0.3, -0.25) is 4.79 Å². The number of aryl methyl sites for hydroxylation is 4. The van der Waals surface area contributed by atoms with Crippen molar-refractivity contribution >= 4 is 23.1 Å². The monoisotopic (exact) mass is 330 g/mol. The number of carbonyl (C=O) groups is 2. The third kappa shape index (κ3) is 3.53. The van der Waals surface area contributed by atoms with Crippen LogP contribution in [0, 0.1) is 34.6 Å². The number of ether oxygens (including phenoxy) is 1. The van der Waals surface area contributed by atoms with Crippen molar-refractivity contribution in [1.29, 1.82) is 0 Å². The highest BCUT2D eigenvalue weighted by molar-refractivity contribution is 7.14. The van der Waals surface area contributed by atoms with E-state index in [4.69, 9.17) is 4.74 Å². The largest absolute Gasteiger partial charge is 0.457 e. The summed E-state index contributed by atoms with van der Waals surface area (Å²) >= 11 is 1.45. The molecule has 1 aromatic carbocycles. The molecule has 23 heavy (non-hydrogen) atoms. The zero-order valence-corrected chi connectivity index (χ0v) is 15.3. The number of carbonyl (C=O) groups excluding carboxylic acids is 2. The molecule has 122 valence electrons. The number of Topliss-reactive ketones (excluding diaryl/α,β-unsaturated/α-hetero) is 1. The summed E-state index contributed by atoms with van der Waals surface area (Å²) < 4.78 is 5.48. The molecule has 0 bridgehead atoms. The van der Waals surface area contributed by atoms with E-state index < -0.39 is 0 Å². The molecule has 0 atom stereocenters. The fraction of sp³-hybridized carbons (Fsp3) is 0.368. The fourth-order valence-corrected chi connectivity index (χ4v) is 3.80. The number of hydrogen-bond acceptors (Lipinski definition) is 4. The number of benzene rings is 1. The molecule has 3 nitrogen and oxygen atoms in total. The van der Waals surface area contributed by atoms with E-state index >= 15 is 0 Å². The Kier molecular flexibility index (Phi) is 5.05. The van der Waals surface area contributed by atoms with Crippen molar-refractivity contribution in [2.45, 2.75) is 48.1 Å². The number of ketones is 1. The highest BCUT2D eigenvalue weighted by atomic mass is 32.1. The molecule has 0 saturated heterocycles.